The summed E-state index contributed by atoms with van der Waals surface area (Å²) in [5, 5.41) is 16.2. The van der Waals surface area contributed by atoms with Crippen LogP contribution in [0.3, 0.4) is 0 Å². The minimum Gasteiger partial charge on any atom is -0.480 e. The molecule has 1 fully saturated rings. The lowest BCUT2D eigenvalue weighted by atomic mass is 10.00. The molecule has 0 spiro atoms. The number of carbonyl (C=O) groups excluding carboxylic acids is 1. The zero-order chi connectivity index (χ0) is 11.7. The Bertz CT molecular complexity index is 247. The zero-order valence-corrected chi connectivity index (χ0v) is 9.03. The molecule has 0 aromatic heterocycles. The second kappa shape index (κ2) is 7.98. The summed E-state index contributed by atoms with van der Waals surface area (Å²) in [7, 11) is 0. The SMILES string of the molecule is CCC(C#N)C(=O)O.O=C1CCCCC1. The maximum absolute atomic E-state index is 10.5. The standard InChI is InChI=1S/C6H10O.C5H7NO2/c7-6-4-2-1-3-5-6;1-2-4(3-6)5(7)8/h1-5H2;4H,2H2,1H3,(H,7,8). The van der Waals surface area contributed by atoms with Crippen LogP contribution >= 0.6 is 0 Å². The molecular weight excluding hydrogens is 194 g/mol. The molecule has 1 rings (SSSR count). The third-order valence-electron chi connectivity index (χ3n) is 2.27. The van der Waals surface area contributed by atoms with Gasteiger partial charge in [-0.05, 0) is 19.3 Å². The van der Waals surface area contributed by atoms with E-state index in [2.05, 4.69) is 0 Å². The summed E-state index contributed by atoms with van der Waals surface area (Å²) in [6.45, 7) is 1.67. The summed E-state index contributed by atoms with van der Waals surface area (Å²) in [5.74, 6) is -1.39. The Hall–Kier alpha value is -1.37. The fourth-order valence-electron chi connectivity index (χ4n) is 1.27. The molecule has 1 unspecified atom stereocenters. The van der Waals surface area contributed by atoms with Crippen LogP contribution in [0.25, 0.3) is 0 Å². The van der Waals surface area contributed by atoms with E-state index in [1.165, 1.54) is 6.42 Å². The average molecular weight is 211 g/mol. The highest BCUT2D eigenvalue weighted by molar-refractivity contribution is 5.78. The zero-order valence-electron chi connectivity index (χ0n) is 9.03. The summed E-state index contributed by atoms with van der Waals surface area (Å²) in [5.41, 5.74) is 0. The number of carboxylic acids is 1. The topological polar surface area (TPSA) is 78.2 Å². The van der Waals surface area contributed by atoms with E-state index in [0.717, 1.165) is 25.7 Å². The van der Waals surface area contributed by atoms with Crippen molar-refractivity contribution in [2.24, 2.45) is 5.92 Å². The molecule has 0 bridgehead atoms. The van der Waals surface area contributed by atoms with E-state index in [9.17, 15) is 9.59 Å². The molecule has 1 aliphatic rings. The van der Waals surface area contributed by atoms with Crippen LogP contribution in [-0.2, 0) is 9.59 Å². The van der Waals surface area contributed by atoms with E-state index in [1.54, 1.807) is 13.0 Å². The molecule has 0 aromatic rings. The van der Waals surface area contributed by atoms with Crippen LogP contribution in [-0.4, -0.2) is 16.9 Å². The van der Waals surface area contributed by atoms with E-state index in [1.807, 2.05) is 0 Å². The monoisotopic (exact) mass is 211 g/mol. The van der Waals surface area contributed by atoms with Gasteiger partial charge in [0.1, 0.15) is 11.7 Å². The molecule has 0 aliphatic heterocycles. The van der Waals surface area contributed by atoms with E-state index >= 15 is 0 Å². The predicted molar refractivity (Wildman–Crippen MR) is 55.1 cm³/mol. The van der Waals surface area contributed by atoms with Gasteiger partial charge in [-0.25, -0.2) is 0 Å². The lowest BCUT2D eigenvalue weighted by Crippen LogP contribution is -2.09. The smallest absolute Gasteiger partial charge is 0.320 e. The third-order valence-corrected chi connectivity index (χ3v) is 2.27. The molecule has 4 nitrogen and oxygen atoms in total. The number of carboxylic acid groups (broad SMARTS) is 1. The van der Waals surface area contributed by atoms with Gasteiger partial charge in [0.05, 0.1) is 6.07 Å². The van der Waals surface area contributed by atoms with Crippen LogP contribution in [0.15, 0.2) is 0 Å². The quantitative estimate of drug-likeness (QED) is 0.759. The van der Waals surface area contributed by atoms with Crippen LogP contribution in [0.1, 0.15) is 45.4 Å². The van der Waals surface area contributed by atoms with E-state index < -0.39 is 11.9 Å². The fraction of sp³-hybridized carbons (Fsp3) is 0.727. The van der Waals surface area contributed by atoms with Crippen LogP contribution in [0, 0.1) is 17.2 Å². The van der Waals surface area contributed by atoms with Crippen molar-refractivity contribution in [1.29, 1.82) is 5.26 Å². The van der Waals surface area contributed by atoms with Gasteiger partial charge in [0, 0.05) is 12.8 Å². The Morgan fingerprint density at radius 1 is 1.47 bits per heavy atom. The summed E-state index contributed by atoms with van der Waals surface area (Å²) >= 11 is 0. The number of carbonyl (C=O) groups is 2. The predicted octanol–water partition coefficient (Wildman–Crippen LogP) is 2.14. The van der Waals surface area contributed by atoms with E-state index in [-0.39, 0.29) is 0 Å². The van der Waals surface area contributed by atoms with Crippen LogP contribution in [0.5, 0.6) is 0 Å². The minimum absolute atomic E-state index is 0.381. The lowest BCUT2D eigenvalue weighted by molar-refractivity contribution is -0.139. The lowest BCUT2D eigenvalue weighted by Gasteiger charge is -2.05. The van der Waals surface area contributed by atoms with Gasteiger partial charge in [0.15, 0.2) is 0 Å². The molecule has 4 heteroatoms. The molecule has 84 valence electrons. The summed E-state index contributed by atoms with van der Waals surface area (Å²) in [6.07, 6.45) is 5.62. The van der Waals surface area contributed by atoms with Crippen molar-refractivity contribution in [3.63, 3.8) is 0 Å². The Balaban J connectivity index is 0.000000262. The minimum atomic E-state index is -1.03. The van der Waals surface area contributed by atoms with Crippen LogP contribution in [0.2, 0.25) is 0 Å². The highest BCUT2D eigenvalue weighted by Gasteiger charge is 2.11. The Morgan fingerprint density at radius 2 is 2.00 bits per heavy atom. The fourth-order valence-corrected chi connectivity index (χ4v) is 1.27. The van der Waals surface area contributed by atoms with E-state index in [0.29, 0.717) is 12.2 Å². The number of ketones is 1. The Labute approximate surface area is 89.9 Å². The summed E-state index contributed by atoms with van der Waals surface area (Å²) in [4.78, 5) is 20.4. The van der Waals surface area contributed by atoms with Gasteiger partial charge in [-0.3, -0.25) is 9.59 Å². The van der Waals surface area contributed by atoms with Crippen molar-refractivity contribution in [3.05, 3.63) is 0 Å². The Morgan fingerprint density at radius 3 is 2.13 bits per heavy atom. The molecule has 0 radical (unpaired) electrons. The molecule has 15 heavy (non-hydrogen) atoms. The summed E-state index contributed by atoms with van der Waals surface area (Å²) < 4.78 is 0. The summed E-state index contributed by atoms with van der Waals surface area (Å²) in [6, 6.07) is 1.65. The van der Waals surface area contributed by atoms with Crippen LogP contribution < -0.4 is 0 Å². The van der Waals surface area contributed by atoms with Gasteiger partial charge >= 0.3 is 5.97 Å². The van der Waals surface area contributed by atoms with Gasteiger partial charge < -0.3 is 5.11 Å². The van der Waals surface area contributed by atoms with Crippen molar-refractivity contribution >= 4 is 11.8 Å². The second-order valence-corrected chi connectivity index (χ2v) is 3.53. The van der Waals surface area contributed by atoms with Crippen molar-refractivity contribution < 1.29 is 14.7 Å². The number of Topliss-reactive ketones (excluding diaryl/α,β-unsaturated/α-hetero) is 1. The maximum atomic E-state index is 10.5. The van der Waals surface area contributed by atoms with Gasteiger partial charge in [0.2, 0.25) is 0 Å². The van der Waals surface area contributed by atoms with Gasteiger partial charge in [-0.15, -0.1) is 0 Å². The first-order valence-electron chi connectivity index (χ1n) is 5.26. The van der Waals surface area contributed by atoms with Crippen LogP contribution in [0.4, 0.5) is 0 Å². The number of nitrogens with zero attached hydrogens (tertiary/aromatic N) is 1. The van der Waals surface area contributed by atoms with E-state index in [4.69, 9.17) is 10.4 Å². The number of aliphatic carboxylic acids is 1. The van der Waals surface area contributed by atoms with Gasteiger partial charge in [-0.1, -0.05) is 13.3 Å². The molecule has 1 saturated carbocycles. The van der Waals surface area contributed by atoms with Gasteiger partial charge in [0.25, 0.3) is 0 Å². The first-order chi connectivity index (χ1) is 7.11. The molecule has 0 heterocycles. The number of hydrogen-bond acceptors (Lipinski definition) is 3. The number of hydrogen-bond donors (Lipinski definition) is 1. The van der Waals surface area contributed by atoms with Crippen molar-refractivity contribution in [3.8, 4) is 6.07 Å². The molecule has 1 N–H and O–H groups in total. The second-order valence-electron chi connectivity index (χ2n) is 3.53. The Kier molecular flexibility index (Phi) is 7.25. The number of rotatable bonds is 2. The molecular formula is C11H17NO3. The largest absolute Gasteiger partial charge is 0.480 e. The highest BCUT2D eigenvalue weighted by atomic mass is 16.4. The normalized spacial score (nSPS) is 16.9. The average Bonchev–Trinajstić information content (AvgIpc) is 2.21. The van der Waals surface area contributed by atoms with Crippen molar-refractivity contribution in [2.75, 3.05) is 0 Å². The first kappa shape index (κ1) is 13.6. The molecule has 0 saturated heterocycles. The van der Waals surface area contributed by atoms with Crippen molar-refractivity contribution in [1.82, 2.24) is 0 Å². The number of nitriles is 1. The molecule has 0 aromatic carbocycles. The molecule has 0 amide bonds. The molecule has 1 atom stereocenters. The maximum Gasteiger partial charge on any atom is 0.320 e. The molecule has 1 aliphatic carbocycles. The first-order valence-corrected chi connectivity index (χ1v) is 5.26. The van der Waals surface area contributed by atoms with Crippen molar-refractivity contribution in [2.45, 2.75) is 45.4 Å². The highest BCUT2D eigenvalue weighted by Crippen LogP contribution is 2.12. The van der Waals surface area contributed by atoms with Gasteiger partial charge in [-0.2, -0.15) is 5.26 Å². The third kappa shape index (κ3) is 6.67.